The maximum Gasteiger partial charge on any atom is 0.167 e. The minimum absolute atomic E-state index is 0.153. The normalized spacial score (nSPS) is 12.9. The van der Waals surface area contributed by atoms with E-state index in [0.29, 0.717) is 61.7 Å². The third-order valence-electron chi connectivity index (χ3n) is 7.97. The molecule has 0 aliphatic heterocycles. The lowest BCUT2D eigenvalue weighted by Gasteiger charge is -2.09. The Kier molecular flexibility index (Phi) is 4.60. The summed E-state index contributed by atoms with van der Waals surface area (Å²) in [6.07, 6.45) is 0. The first-order chi connectivity index (χ1) is 23.4. The van der Waals surface area contributed by atoms with Crippen molar-refractivity contribution in [2.75, 3.05) is 0 Å². The molecule has 0 N–H and O–H groups in total. The number of benzene rings is 6. The summed E-state index contributed by atoms with van der Waals surface area (Å²) in [7, 11) is 0. The first-order valence-corrected chi connectivity index (χ1v) is 14.3. The van der Waals surface area contributed by atoms with E-state index in [0.717, 1.165) is 21.9 Å². The summed E-state index contributed by atoms with van der Waals surface area (Å²) < 4.78 is 43.1. The lowest BCUT2D eigenvalue weighted by atomic mass is 10.1. The largest absolute Gasteiger partial charge is 0.453 e. The molecule has 0 saturated heterocycles. The molecule has 0 fully saturated rings. The van der Waals surface area contributed by atoms with Gasteiger partial charge in [0.15, 0.2) is 23.1 Å². The minimum Gasteiger partial charge on any atom is -0.453 e. The van der Waals surface area contributed by atoms with E-state index in [1.54, 1.807) is 12.1 Å². The van der Waals surface area contributed by atoms with E-state index in [9.17, 15) is 0 Å². The molecule has 44 heavy (non-hydrogen) atoms. The van der Waals surface area contributed by atoms with Gasteiger partial charge in [-0.05, 0) is 24.2 Å². The van der Waals surface area contributed by atoms with Gasteiger partial charge in [0.25, 0.3) is 0 Å². The van der Waals surface area contributed by atoms with Crippen LogP contribution in [-0.2, 0) is 0 Å². The SMILES string of the molecule is [2H]c1cc([2H])c2c(c1)c1cc([2H])cc([2H])c1n2-c1cccc2c1oc1c(-c3nc(-c4ccccc4)nc(-c4ccccc4)n3)cccc12. The molecule has 6 aromatic carbocycles. The standard InChI is InChI=1S/C39H24N4O/c1-3-13-25(14-4-1)37-40-38(26-15-5-2-6-16-26)42-39(41-37)31-21-11-19-29-30-20-12-24-34(36(30)44-35(29)31)43-32-22-9-7-17-27(32)28-18-8-10-23-33(28)43/h1-24H/i7D,8D,22D,23D. The summed E-state index contributed by atoms with van der Waals surface area (Å²) >= 11 is 0. The van der Waals surface area contributed by atoms with Crippen molar-refractivity contribution in [2.24, 2.45) is 0 Å². The third-order valence-corrected chi connectivity index (χ3v) is 7.97. The van der Waals surface area contributed by atoms with E-state index in [1.165, 1.54) is 12.1 Å². The quantitative estimate of drug-likeness (QED) is 0.212. The van der Waals surface area contributed by atoms with E-state index in [2.05, 4.69) is 0 Å². The van der Waals surface area contributed by atoms with Crippen molar-refractivity contribution >= 4 is 43.7 Å². The summed E-state index contributed by atoms with van der Waals surface area (Å²) in [4.78, 5) is 14.7. The van der Waals surface area contributed by atoms with Crippen molar-refractivity contribution < 1.29 is 9.90 Å². The van der Waals surface area contributed by atoms with Crippen LogP contribution < -0.4 is 0 Å². The number of hydrogen-bond donors (Lipinski definition) is 0. The Balaban J connectivity index is 1.34. The van der Waals surface area contributed by atoms with Gasteiger partial charge in [0.2, 0.25) is 0 Å². The van der Waals surface area contributed by atoms with E-state index in [1.807, 2.05) is 102 Å². The second-order valence-electron chi connectivity index (χ2n) is 10.5. The molecule has 0 saturated carbocycles. The molecule has 0 aliphatic rings. The molecule has 0 radical (unpaired) electrons. The summed E-state index contributed by atoms with van der Waals surface area (Å²) in [6.45, 7) is 0. The molecule has 0 unspecified atom stereocenters. The van der Waals surface area contributed by atoms with Crippen LogP contribution in [0.25, 0.3) is 83.6 Å². The van der Waals surface area contributed by atoms with E-state index >= 15 is 0 Å². The molecule has 0 spiro atoms. The van der Waals surface area contributed by atoms with Crippen LogP contribution in [0.3, 0.4) is 0 Å². The number of furan rings is 1. The van der Waals surface area contributed by atoms with E-state index in [4.69, 9.17) is 24.9 Å². The van der Waals surface area contributed by atoms with Crippen molar-refractivity contribution in [1.29, 1.82) is 0 Å². The third kappa shape index (κ3) is 3.76. The molecule has 5 heteroatoms. The summed E-state index contributed by atoms with van der Waals surface area (Å²) in [5, 5.41) is 3.01. The first kappa shape index (κ1) is 20.8. The fourth-order valence-electron chi connectivity index (χ4n) is 5.98. The average molecular weight is 569 g/mol. The average Bonchev–Trinajstić information content (AvgIpc) is 3.65. The van der Waals surface area contributed by atoms with Crippen LogP contribution in [0.4, 0.5) is 0 Å². The van der Waals surface area contributed by atoms with Crippen molar-refractivity contribution in [3.8, 4) is 39.9 Å². The maximum absolute atomic E-state index is 8.89. The van der Waals surface area contributed by atoms with Crippen LogP contribution in [-0.4, -0.2) is 19.5 Å². The van der Waals surface area contributed by atoms with Crippen molar-refractivity contribution in [3.63, 3.8) is 0 Å². The van der Waals surface area contributed by atoms with Crippen LogP contribution in [0.5, 0.6) is 0 Å². The molecule has 3 heterocycles. The Morgan fingerprint density at radius 2 is 1.02 bits per heavy atom. The fraction of sp³-hybridized carbons (Fsp3) is 0. The molecular weight excluding hydrogens is 540 g/mol. The van der Waals surface area contributed by atoms with Crippen molar-refractivity contribution in [3.05, 3.63) is 145 Å². The fourth-order valence-corrected chi connectivity index (χ4v) is 5.98. The van der Waals surface area contributed by atoms with Gasteiger partial charge in [-0.1, -0.05) is 121 Å². The van der Waals surface area contributed by atoms with Gasteiger partial charge in [0.05, 0.1) is 27.8 Å². The van der Waals surface area contributed by atoms with Gasteiger partial charge >= 0.3 is 0 Å². The van der Waals surface area contributed by atoms with Crippen LogP contribution >= 0.6 is 0 Å². The zero-order valence-corrected chi connectivity index (χ0v) is 23.2. The van der Waals surface area contributed by atoms with Gasteiger partial charge in [-0.25, -0.2) is 15.0 Å². The van der Waals surface area contributed by atoms with Gasteiger partial charge in [-0.3, -0.25) is 0 Å². The number of fused-ring (bicyclic) bond motifs is 6. The van der Waals surface area contributed by atoms with Gasteiger partial charge in [-0.15, -0.1) is 0 Å². The molecule has 206 valence electrons. The summed E-state index contributed by atoms with van der Waals surface area (Å²) in [5.74, 6) is 1.57. The highest BCUT2D eigenvalue weighted by molar-refractivity contribution is 6.14. The van der Waals surface area contributed by atoms with Gasteiger partial charge in [-0.2, -0.15) is 0 Å². The molecule has 0 amide bonds. The Morgan fingerprint density at radius 3 is 1.64 bits per heavy atom. The Labute approximate surface area is 258 Å². The highest BCUT2D eigenvalue weighted by Crippen LogP contribution is 2.40. The number of nitrogens with zero attached hydrogens (tertiary/aromatic N) is 4. The highest BCUT2D eigenvalue weighted by atomic mass is 16.3. The minimum atomic E-state index is 0.153. The van der Waals surface area contributed by atoms with Crippen molar-refractivity contribution in [1.82, 2.24) is 19.5 Å². The number of rotatable bonds is 4. The number of para-hydroxylation sites is 4. The zero-order valence-electron chi connectivity index (χ0n) is 27.2. The topological polar surface area (TPSA) is 56.7 Å². The lowest BCUT2D eigenvalue weighted by molar-refractivity contribution is 0.667. The molecule has 0 aliphatic carbocycles. The Bertz CT molecular complexity index is 2600. The summed E-state index contributed by atoms with van der Waals surface area (Å²) in [5.41, 5.74) is 5.36. The second kappa shape index (κ2) is 9.75. The zero-order chi connectivity index (χ0) is 32.5. The Morgan fingerprint density at radius 1 is 0.477 bits per heavy atom. The molecule has 9 aromatic rings. The second-order valence-corrected chi connectivity index (χ2v) is 10.5. The maximum atomic E-state index is 8.89. The molecular formula is C39H24N4O. The molecule has 5 nitrogen and oxygen atoms in total. The monoisotopic (exact) mass is 568 g/mol. The van der Waals surface area contributed by atoms with Crippen LogP contribution in [0, 0.1) is 0 Å². The molecule has 3 aromatic heterocycles. The number of hydrogen-bond acceptors (Lipinski definition) is 4. The molecule has 9 rings (SSSR count). The Hall–Kier alpha value is -6.07. The smallest absolute Gasteiger partial charge is 0.167 e. The highest BCUT2D eigenvalue weighted by Gasteiger charge is 2.21. The predicted molar refractivity (Wildman–Crippen MR) is 178 cm³/mol. The molecule has 0 bridgehead atoms. The van der Waals surface area contributed by atoms with E-state index in [-0.39, 0.29) is 24.2 Å². The molecule has 0 atom stereocenters. The van der Waals surface area contributed by atoms with E-state index < -0.39 is 0 Å². The van der Waals surface area contributed by atoms with Crippen LogP contribution in [0.15, 0.2) is 150 Å². The van der Waals surface area contributed by atoms with Gasteiger partial charge in [0, 0.05) is 32.7 Å². The predicted octanol–water partition coefficient (Wildman–Crippen LogP) is 9.87. The first-order valence-electron chi connectivity index (χ1n) is 16.3. The van der Waals surface area contributed by atoms with Gasteiger partial charge < -0.3 is 8.98 Å². The van der Waals surface area contributed by atoms with Gasteiger partial charge in [0.1, 0.15) is 5.58 Å². The number of aromatic nitrogens is 4. The van der Waals surface area contributed by atoms with Crippen LogP contribution in [0.1, 0.15) is 5.48 Å². The lowest BCUT2D eigenvalue weighted by Crippen LogP contribution is -2.00. The van der Waals surface area contributed by atoms with Crippen LogP contribution in [0.2, 0.25) is 0 Å². The summed E-state index contributed by atoms with van der Waals surface area (Å²) in [6, 6.07) is 38.5. The van der Waals surface area contributed by atoms with Crippen molar-refractivity contribution in [2.45, 2.75) is 0 Å².